The Morgan fingerprint density at radius 1 is 1.24 bits per heavy atom. The molecule has 0 saturated heterocycles. The molecule has 2 aromatic carbocycles. The second-order valence-electron chi connectivity index (χ2n) is 6.14. The van der Waals surface area contributed by atoms with E-state index >= 15 is 0 Å². The van der Waals surface area contributed by atoms with E-state index < -0.39 is 0 Å². The summed E-state index contributed by atoms with van der Waals surface area (Å²) in [5.74, 6) is 1.23. The summed E-state index contributed by atoms with van der Waals surface area (Å²) in [5.41, 5.74) is 3.36. The first-order valence-electron chi connectivity index (χ1n) is 8.17. The highest BCUT2D eigenvalue weighted by atomic mass is 16.5. The van der Waals surface area contributed by atoms with Gasteiger partial charge in [0.2, 0.25) is 11.9 Å². The van der Waals surface area contributed by atoms with Crippen molar-refractivity contribution in [2.45, 2.75) is 26.0 Å². The fourth-order valence-corrected chi connectivity index (χ4v) is 3.02. The predicted octanol–water partition coefficient (Wildman–Crippen LogP) is 3.10. The molecule has 0 bridgehead atoms. The topological polar surface area (TPSA) is 69.0 Å². The molecule has 0 saturated carbocycles. The predicted molar refractivity (Wildman–Crippen MR) is 93.4 cm³/mol. The maximum atomic E-state index is 11.8. The maximum absolute atomic E-state index is 11.8. The van der Waals surface area contributed by atoms with Gasteiger partial charge in [0, 0.05) is 0 Å². The van der Waals surface area contributed by atoms with Crippen LogP contribution in [0.3, 0.4) is 0 Å². The number of carbonyl (C=O) groups is 1. The summed E-state index contributed by atoms with van der Waals surface area (Å²) in [5, 5.41) is 6.93. The zero-order chi connectivity index (χ0) is 17.2. The van der Waals surface area contributed by atoms with Crippen molar-refractivity contribution in [3.63, 3.8) is 0 Å². The molecule has 126 valence electrons. The second kappa shape index (κ2) is 6.39. The Labute approximate surface area is 145 Å². The van der Waals surface area contributed by atoms with E-state index in [1.54, 1.807) is 4.68 Å². The number of carbonyl (C=O) groups excluding carboxylic acids is 1. The van der Waals surface area contributed by atoms with Crippen molar-refractivity contribution in [1.82, 2.24) is 14.8 Å². The van der Waals surface area contributed by atoms with Gasteiger partial charge in [-0.15, -0.1) is 0 Å². The van der Waals surface area contributed by atoms with Crippen molar-refractivity contribution in [3.05, 3.63) is 71.5 Å². The fraction of sp³-hybridized carbons (Fsp3) is 0.211. The van der Waals surface area contributed by atoms with Crippen molar-refractivity contribution in [2.75, 3.05) is 5.32 Å². The van der Waals surface area contributed by atoms with Crippen LogP contribution < -0.4 is 10.1 Å². The molecule has 1 atom stereocenters. The molecule has 4 rings (SSSR count). The molecule has 3 aromatic rings. The number of aromatic nitrogens is 3. The molecule has 0 spiro atoms. The molecule has 0 unspecified atom stereocenters. The number of fused-ring (bicyclic) bond motifs is 1. The minimum absolute atomic E-state index is 0.0507. The van der Waals surface area contributed by atoms with Crippen molar-refractivity contribution in [2.24, 2.45) is 0 Å². The van der Waals surface area contributed by atoms with E-state index in [1.165, 1.54) is 11.9 Å². The summed E-state index contributed by atoms with van der Waals surface area (Å²) >= 11 is 0. The van der Waals surface area contributed by atoms with Crippen LogP contribution in [0.15, 0.2) is 54.9 Å². The van der Waals surface area contributed by atoms with Gasteiger partial charge in [-0.05, 0) is 30.2 Å². The van der Waals surface area contributed by atoms with Gasteiger partial charge in [0.25, 0.3) is 0 Å². The van der Waals surface area contributed by atoms with Crippen molar-refractivity contribution in [3.8, 4) is 5.75 Å². The Hall–Kier alpha value is -3.15. The monoisotopic (exact) mass is 334 g/mol. The largest absolute Gasteiger partial charge is 0.489 e. The zero-order valence-electron chi connectivity index (χ0n) is 13.8. The van der Waals surface area contributed by atoms with E-state index in [-0.39, 0.29) is 11.9 Å². The summed E-state index contributed by atoms with van der Waals surface area (Å²) in [4.78, 5) is 15.9. The molecule has 0 fully saturated rings. The number of nitrogens with one attached hydrogen (secondary N) is 1. The zero-order valence-corrected chi connectivity index (χ0v) is 13.8. The lowest BCUT2D eigenvalue weighted by Gasteiger charge is -2.23. The van der Waals surface area contributed by atoms with Gasteiger partial charge in [-0.25, -0.2) is 4.68 Å². The number of benzene rings is 2. The van der Waals surface area contributed by atoms with Crippen LogP contribution in [0.5, 0.6) is 5.75 Å². The van der Waals surface area contributed by atoms with Gasteiger partial charge in [0.1, 0.15) is 18.7 Å². The van der Waals surface area contributed by atoms with Crippen LogP contribution in [0.4, 0.5) is 5.95 Å². The molecule has 6 heteroatoms. The van der Waals surface area contributed by atoms with Gasteiger partial charge in [-0.2, -0.15) is 10.1 Å². The molecule has 6 nitrogen and oxygen atoms in total. The van der Waals surface area contributed by atoms with Crippen molar-refractivity contribution < 1.29 is 9.53 Å². The van der Waals surface area contributed by atoms with Crippen LogP contribution in [-0.4, -0.2) is 20.7 Å². The Morgan fingerprint density at radius 2 is 2.08 bits per heavy atom. The van der Waals surface area contributed by atoms with Gasteiger partial charge in [0.15, 0.2) is 0 Å². The molecular formula is C19H18N4O2. The van der Waals surface area contributed by atoms with Gasteiger partial charge >= 0.3 is 0 Å². The number of nitrogens with zero attached hydrogens (tertiary/aromatic N) is 3. The summed E-state index contributed by atoms with van der Waals surface area (Å²) < 4.78 is 7.59. The third-order valence-electron chi connectivity index (χ3n) is 4.25. The first kappa shape index (κ1) is 15.4. The van der Waals surface area contributed by atoms with Gasteiger partial charge < -0.3 is 4.74 Å². The maximum Gasteiger partial charge on any atom is 0.229 e. The minimum atomic E-state index is -0.142. The Morgan fingerprint density at radius 3 is 2.88 bits per heavy atom. The van der Waals surface area contributed by atoms with Gasteiger partial charge in [-0.3, -0.25) is 10.1 Å². The molecule has 25 heavy (non-hydrogen) atoms. The summed E-state index contributed by atoms with van der Waals surface area (Å²) in [6.45, 7) is 2.59. The molecule has 1 amide bonds. The van der Waals surface area contributed by atoms with E-state index in [4.69, 9.17) is 4.74 Å². The van der Waals surface area contributed by atoms with Crippen molar-refractivity contribution in [1.29, 1.82) is 0 Å². The minimum Gasteiger partial charge on any atom is -0.489 e. The second-order valence-corrected chi connectivity index (χ2v) is 6.14. The molecular weight excluding hydrogens is 316 g/mol. The Kier molecular flexibility index (Phi) is 3.93. The Balaban J connectivity index is 1.48. The smallest absolute Gasteiger partial charge is 0.229 e. The number of amides is 1. The van der Waals surface area contributed by atoms with E-state index in [0.29, 0.717) is 19.0 Å². The molecule has 0 radical (unpaired) electrons. The number of rotatable bonds is 4. The van der Waals surface area contributed by atoms with E-state index in [2.05, 4.69) is 34.5 Å². The average Bonchev–Trinajstić information content (AvgIpc) is 3.08. The number of ether oxygens (including phenoxy) is 1. The van der Waals surface area contributed by atoms with E-state index in [1.807, 2.05) is 36.4 Å². The van der Waals surface area contributed by atoms with Crippen molar-refractivity contribution >= 4 is 11.9 Å². The molecule has 2 heterocycles. The number of anilines is 1. The van der Waals surface area contributed by atoms with E-state index in [0.717, 1.165) is 16.9 Å². The van der Waals surface area contributed by atoms with Crippen LogP contribution in [0.2, 0.25) is 0 Å². The quantitative estimate of drug-likeness (QED) is 0.796. The molecule has 1 aromatic heterocycles. The Bertz CT molecular complexity index is 902. The summed E-state index contributed by atoms with van der Waals surface area (Å²) in [6.07, 6.45) is 1.80. The lowest BCUT2D eigenvalue weighted by atomic mass is 10.0. The first-order chi connectivity index (χ1) is 12.2. The molecule has 1 N–H and O–H groups in total. The molecule has 0 aliphatic carbocycles. The van der Waals surface area contributed by atoms with Gasteiger partial charge in [0.05, 0.1) is 12.5 Å². The third kappa shape index (κ3) is 3.24. The number of aryl methyl sites for hydroxylation is 1. The highest BCUT2D eigenvalue weighted by Gasteiger charge is 2.27. The summed E-state index contributed by atoms with van der Waals surface area (Å²) in [7, 11) is 0. The standard InChI is InChI=1S/C19H18N4O2/c1-13-3-2-4-14(9-13)11-25-16-7-5-15(6-8-16)17-10-18(24)22-19-20-12-21-23(17)19/h2-9,12,17H,10-11H2,1H3,(H,20,21,22,24)/t17-/m1/s1. The number of hydrogen-bond donors (Lipinski definition) is 1. The molecule has 1 aliphatic rings. The van der Waals surface area contributed by atoms with Crippen LogP contribution >= 0.6 is 0 Å². The normalized spacial score (nSPS) is 16.2. The SMILES string of the molecule is Cc1cccc(COc2ccc([C@H]3CC(=O)Nc4ncnn43)cc2)c1. The van der Waals surface area contributed by atoms with Crippen LogP contribution in [0, 0.1) is 6.92 Å². The third-order valence-corrected chi connectivity index (χ3v) is 4.25. The molecule has 1 aliphatic heterocycles. The van der Waals surface area contributed by atoms with Crippen LogP contribution in [-0.2, 0) is 11.4 Å². The lowest BCUT2D eigenvalue weighted by molar-refractivity contribution is -0.117. The average molecular weight is 334 g/mol. The highest BCUT2D eigenvalue weighted by Crippen LogP contribution is 2.29. The van der Waals surface area contributed by atoms with Gasteiger partial charge in [-0.1, -0.05) is 42.0 Å². The fourth-order valence-electron chi connectivity index (χ4n) is 3.02. The summed E-state index contributed by atoms with van der Waals surface area (Å²) in [6, 6.07) is 15.9. The number of hydrogen-bond acceptors (Lipinski definition) is 4. The van der Waals surface area contributed by atoms with Crippen LogP contribution in [0.25, 0.3) is 0 Å². The van der Waals surface area contributed by atoms with Crippen LogP contribution in [0.1, 0.15) is 29.2 Å². The lowest BCUT2D eigenvalue weighted by Crippen LogP contribution is -2.29. The first-order valence-corrected chi connectivity index (χ1v) is 8.17. The van der Waals surface area contributed by atoms with E-state index in [9.17, 15) is 4.79 Å². The highest BCUT2D eigenvalue weighted by molar-refractivity contribution is 5.91.